The zero-order valence-electron chi connectivity index (χ0n) is 17.2. The number of hydrogen-bond donors (Lipinski definition) is 0. The molecule has 0 spiro atoms. The molecule has 2 bridgehead atoms. The maximum absolute atomic E-state index is 2.63. The van der Waals surface area contributed by atoms with E-state index >= 15 is 0 Å². The van der Waals surface area contributed by atoms with Crippen LogP contribution in [0, 0.1) is 6.92 Å². The molecule has 2 aromatic carbocycles. The first-order valence-corrected chi connectivity index (χ1v) is 10.6. The summed E-state index contributed by atoms with van der Waals surface area (Å²) < 4.78 is 2.63. The fraction of sp³-hybridized carbons (Fsp3) is 0.440. The van der Waals surface area contributed by atoms with E-state index in [0.29, 0.717) is 6.04 Å². The summed E-state index contributed by atoms with van der Waals surface area (Å²) in [5.41, 5.74) is 7.48. The largest absolute Gasteiger partial charge is 0.344 e. The summed E-state index contributed by atoms with van der Waals surface area (Å²) in [6.07, 6.45) is 4.99. The van der Waals surface area contributed by atoms with Gasteiger partial charge < -0.3 is 4.57 Å². The maximum Gasteiger partial charge on any atom is 0.0486 e. The molecule has 1 fully saturated rings. The van der Waals surface area contributed by atoms with Crippen molar-refractivity contribution in [3.63, 3.8) is 0 Å². The molecule has 2 atom stereocenters. The van der Waals surface area contributed by atoms with Crippen LogP contribution in [0.4, 0.5) is 0 Å². The summed E-state index contributed by atoms with van der Waals surface area (Å²) in [7, 11) is 2.33. The average Bonchev–Trinajstić information content (AvgIpc) is 3.12. The number of nitrogens with zero attached hydrogens (tertiary/aromatic N) is 2. The Morgan fingerprint density at radius 1 is 1.00 bits per heavy atom. The Hall–Kier alpha value is -2.06. The van der Waals surface area contributed by atoms with Crippen LogP contribution in [0.2, 0.25) is 0 Å². The van der Waals surface area contributed by atoms with Crippen LogP contribution < -0.4 is 0 Å². The minimum absolute atomic E-state index is 0.621. The van der Waals surface area contributed by atoms with E-state index in [9.17, 15) is 0 Å². The molecule has 2 aliphatic rings. The quantitative estimate of drug-likeness (QED) is 0.564. The lowest BCUT2D eigenvalue weighted by Gasteiger charge is -2.32. The number of benzene rings is 2. The van der Waals surface area contributed by atoms with Gasteiger partial charge in [0.25, 0.3) is 0 Å². The van der Waals surface area contributed by atoms with Crippen molar-refractivity contribution in [1.29, 1.82) is 0 Å². The van der Waals surface area contributed by atoms with Crippen LogP contribution in [0.1, 0.15) is 55.1 Å². The Morgan fingerprint density at radius 3 is 2.56 bits per heavy atom. The zero-order chi connectivity index (χ0) is 19.0. The van der Waals surface area contributed by atoms with Crippen molar-refractivity contribution in [2.45, 2.75) is 65.1 Å². The van der Waals surface area contributed by atoms with Crippen LogP contribution in [-0.4, -0.2) is 22.6 Å². The number of aromatic nitrogens is 1. The first-order valence-electron chi connectivity index (χ1n) is 10.6. The highest BCUT2D eigenvalue weighted by Gasteiger charge is 2.40. The Balaban J connectivity index is 0.000000872. The minimum atomic E-state index is 0.621. The first kappa shape index (κ1) is 18.3. The summed E-state index contributed by atoms with van der Waals surface area (Å²) in [6.45, 7) is 7.30. The predicted molar refractivity (Wildman–Crippen MR) is 115 cm³/mol. The van der Waals surface area contributed by atoms with Gasteiger partial charge in [-0.05, 0) is 56.5 Å². The highest BCUT2D eigenvalue weighted by atomic mass is 15.2. The van der Waals surface area contributed by atoms with E-state index in [0.717, 1.165) is 19.0 Å². The molecule has 2 aliphatic heterocycles. The van der Waals surface area contributed by atoms with Gasteiger partial charge in [0, 0.05) is 41.6 Å². The van der Waals surface area contributed by atoms with E-state index in [1.807, 2.05) is 13.8 Å². The molecular weight excluding hydrogens is 328 g/mol. The smallest absolute Gasteiger partial charge is 0.0486 e. The van der Waals surface area contributed by atoms with Crippen LogP contribution >= 0.6 is 0 Å². The molecule has 3 aromatic rings. The molecule has 1 aromatic heterocycles. The number of hydrogen-bond acceptors (Lipinski definition) is 1. The van der Waals surface area contributed by atoms with E-state index in [-0.39, 0.29) is 0 Å². The molecule has 142 valence electrons. The normalized spacial score (nSPS) is 21.0. The van der Waals surface area contributed by atoms with Crippen molar-refractivity contribution in [1.82, 2.24) is 9.47 Å². The van der Waals surface area contributed by atoms with E-state index in [1.165, 1.54) is 41.3 Å². The molecule has 3 heterocycles. The number of aryl methyl sites for hydroxylation is 3. The number of fused-ring (bicyclic) bond motifs is 6. The summed E-state index contributed by atoms with van der Waals surface area (Å²) in [4.78, 5) is 2.63. The number of rotatable bonds is 3. The third-order valence-corrected chi connectivity index (χ3v) is 6.44. The molecule has 0 N–H and O–H groups in total. The van der Waals surface area contributed by atoms with E-state index in [2.05, 4.69) is 72.0 Å². The monoisotopic (exact) mass is 360 g/mol. The minimum Gasteiger partial charge on any atom is -0.344 e. The van der Waals surface area contributed by atoms with Crippen molar-refractivity contribution in [2.75, 3.05) is 7.05 Å². The Morgan fingerprint density at radius 2 is 1.78 bits per heavy atom. The van der Waals surface area contributed by atoms with Crippen LogP contribution in [0.3, 0.4) is 0 Å². The van der Waals surface area contributed by atoms with Gasteiger partial charge in [0.2, 0.25) is 0 Å². The summed E-state index contributed by atoms with van der Waals surface area (Å²) >= 11 is 0. The van der Waals surface area contributed by atoms with E-state index in [4.69, 9.17) is 0 Å². The van der Waals surface area contributed by atoms with Gasteiger partial charge in [-0.2, -0.15) is 0 Å². The van der Waals surface area contributed by atoms with Gasteiger partial charge in [0.05, 0.1) is 0 Å². The molecule has 1 saturated heterocycles. The molecule has 27 heavy (non-hydrogen) atoms. The second-order valence-electron chi connectivity index (χ2n) is 7.88. The second-order valence-corrected chi connectivity index (χ2v) is 7.88. The maximum atomic E-state index is 2.63. The molecule has 0 aliphatic carbocycles. The van der Waals surface area contributed by atoms with Gasteiger partial charge in [-0.1, -0.05) is 55.8 Å². The van der Waals surface area contributed by atoms with Crippen molar-refractivity contribution in [3.8, 4) is 0 Å². The summed E-state index contributed by atoms with van der Waals surface area (Å²) in [5, 5.41) is 1.50. The zero-order valence-corrected chi connectivity index (χ0v) is 17.2. The third-order valence-electron chi connectivity index (χ3n) is 6.44. The predicted octanol–water partition coefficient (Wildman–Crippen LogP) is 5.91. The summed E-state index contributed by atoms with van der Waals surface area (Å²) in [5.74, 6) is 0. The first-order chi connectivity index (χ1) is 13.2. The van der Waals surface area contributed by atoms with Gasteiger partial charge >= 0.3 is 0 Å². The number of likely N-dealkylation sites (N-methyl/N-ethyl adjacent to an activating group) is 1. The molecular formula is C25H32N2. The van der Waals surface area contributed by atoms with Crippen molar-refractivity contribution in [3.05, 3.63) is 70.9 Å². The van der Waals surface area contributed by atoms with Crippen LogP contribution in [0.15, 0.2) is 48.5 Å². The SMILES string of the molecule is CC.Cc1ccc2c(c1)c1c(n2CCc2ccccc2)CC2CCC1N2C. The van der Waals surface area contributed by atoms with Gasteiger partial charge in [-0.3, -0.25) is 4.90 Å². The lowest BCUT2D eigenvalue weighted by molar-refractivity contribution is 0.222. The summed E-state index contributed by atoms with van der Waals surface area (Å²) in [6, 6.07) is 19.3. The highest BCUT2D eigenvalue weighted by Crippen LogP contribution is 2.46. The molecule has 0 radical (unpaired) electrons. The van der Waals surface area contributed by atoms with Crippen molar-refractivity contribution >= 4 is 10.9 Å². The lowest BCUT2D eigenvalue weighted by Crippen LogP contribution is -2.34. The van der Waals surface area contributed by atoms with E-state index in [1.54, 1.807) is 11.3 Å². The lowest BCUT2D eigenvalue weighted by atomic mass is 9.97. The highest BCUT2D eigenvalue weighted by molar-refractivity contribution is 5.87. The Labute approximate surface area is 163 Å². The fourth-order valence-electron chi connectivity index (χ4n) is 5.11. The average molecular weight is 361 g/mol. The molecule has 2 unspecified atom stereocenters. The second kappa shape index (κ2) is 7.52. The molecule has 0 amide bonds. The third kappa shape index (κ3) is 3.10. The van der Waals surface area contributed by atoms with Crippen molar-refractivity contribution in [2.24, 2.45) is 0 Å². The Bertz CT molecular complexity index is 922. The topological polar surface area (TPSA) is 8.17 Å². The van der Waals surface area contributed by atoms with Gasteiger partial charge in [0.1, 0.15) is 0 Å². The van der Waals surface area contributed by atoms with Crippen LogP contribution in [0.5, 0.6) is 0 Å². The van der Waals surface area contributed by atoms with Crippen LogP contribution in [0.25, 0.3) is 10.9 Å². The van der Waals surface area contributed by atoms with Gasteiger partial charge in [-0.15, -0.1) is 0 Å². The molecule has 5 rings (SSSR count). The molecule has 0 saturated carbocycles. The standard InChI is InChI=1S/C23H26N2.C2H6/c1-16-8-10-20-19(14-16)23-21-11-9-18(24(21)2)15-22(23)25(20)13-12-17-6-4-3-5-7-17;1-2/h3-8,10,14,18,21H,9,11-13,15H2,1-2H3;1-2H3. The van der Waals surface area contributed by atoms with E-state index < -0.39 is 0 Å². The van der Waals surface area contributed by atoms with Gasteiger partial charge in [-0.25, -0.2) is 0 Å². The van der Waals surface area contributed by atoms with Gasteiger partial charge in [0.15, 0.2) is 0 Å². The molecule has 2 nitrogen and oxygen atoms in total. The molecule has 2 heteroatoms. The fourth-order valence-corrected chi connectivity index (χ4v) is 5.11. The van der Waals surface area contributed by atoms with Crippen LogP contribution in [-0.2, 0) is 19.4 Å². The van der Waals surface area contributed by atoms with Crippen molar-refractivity contribution < 1.29 is 0 Å². The Kier molecular flexibility index (Phi) is 5.10.